The number of nitrogens with zero attached hydrogens (tertiary/aromatic N) is 1. The third-order valence-electron chi connectivity index (χ3n) is 2.74. The van der Waals surface area contributed by atoms with Crippen LogP contribution in [0, 0.1) is 6.92 Å². The molecule has 0 saturated heterocycles. The van der Waals surface area contributed by atoms with Crippen molar-refractivity contribution in [2.75, 3.05) is 26.3 Å². The van der Waals surface area contributed by atoms with Crippen molar-refractivity contribution in [1.29, 1.82) is 0 Å². The SMILES string of the molecule is CCOCCN(CC)S(=O)(=O)c1cc(CO)sc1C. The molecule has 0 aliphatic carbocycles. The number of likely N-dealkylation sites (N-methyl/N-ethyl adjacent to an activating group) is 1. The van der Waals surface area contributed by atoms with Crippen LogP contribution < -0.4 is 0 Å². The highest BCUT2D eigenvalue weighted by Gasteiger charge is 2.26. The van der Waals surface area contributed by atoms with Gasteiger partial charge in [-0.3, -0.25) is 0 Å². The fraction of sp³-hybridized carbons (Fsp3) is 0.667. The zero-order chi connectivity index (χ0) is 14.5. The Morgan fingerprint density at radius 1 is 1.42 bits per heavy atom. The summed E-state index contributed by atoms with van der Waals surface area (Å²) in [5, 5.41) is 9.09. The van der Waals surface area contributed by atoms with Crippen LogP contribution in [0.1, 0.15) is 23.6 Å². The van der Waals surface area contributed by atoms with Crippen molar-refractivity contribution >= 4 is 21.4 Å². The Balaban J connectivity index is 2.96. The molecular formula is C12H21NO4S2. The van der Waals surface area contributed by atoms with E-state index >= 15 is 0 Å². The number of sulfonamides is 1. The van der Waals surface area contributed by atoms with Gasteiger partial charge in [-0.1, -0.05) is 6.92 Å². The second-order valence-electron chi connectivity index (χ2n) is 3.98. The van der Waals surface area contributed by atoms with Crippen LogP contribution in [-0.4, -0.2) is 44.1 Å². The van der Waals surface area contributed by atoms with E-state index in [0.29, 0.717) is 41.0 Å². The van der Waals surface area contributed by atoms with Crippen molar-refractivity contribution in [2.24, 2.45) is 0 Å². The number of ether oxygens (including phenoxy) is 1. The summed E-state index contributed by atoms with van der Waals surface area (Å²) in [5.74, 6) is 0. The predicted octanol–water partition coefficient (Wildman–Crippen LogP) is 1.60. The van der Waals surface area contributed by atoms with Gasteiger partial charge in [0.15, 0.2) is 0 Å². The lowest BCUT2D eigenvalue weighted by Gasteiger charge is -2.20. The monoisotopic (exact) mass is 307 g/mol. The van der Waals surface area contributed by atoms with Gasteiger partial charge in [0.2, 0.25) is 10.0 Å². The highest BCUT2D eigenvalue weighted by molar-refractivity contribution is 7.89. The van der Waals surface area contributed by atoms with Crippen LogP contribution >= 0.6 is 11.3 Å². The highest BCUT2D eigenvalue weighted by atomic mass is 32.2. The van der Waals surface area contributed by atoms with Crippen molar-refractivity contribution in [3.63, 3.8) is 0 Å². The van der Waals surface area contributed by atoms with Crippen LogP contribution in [0.15, 0.2) is 11.0 Å². The van der Waals surface area contributed by atoms with E-state index in [9.17, 15) is 8.42 Å². The van der Waals surface area contributed by atoms with Crippen LogP contribution in [0.3, 0.4) is 0 Å². The summed E-state index contributed by atoms with van der Waals surface area (Å²) in [7, 11) is -3.50. The van der Waals surface area contributed by atoms with Crippen molar-refractivity contribution < 1.29 is 18.3 Å². The largest absolute Gasteiger partial charge is 0.391 e. The van der Waals surface area contributed by atoms with Crippen LogP contribution in [0.25, 0.3) is 0 Å². The minimum Gasteiger partial charge on any atom is -0.391 e. The maximum absolute atomic E-state index is 12.5. The Morgan fingerprint density at radius 2 is 2.11 bits per heavy atom. The molecule has 110 valence electrons. The van der Waals surface area contributed by atoms with Crippen molar-refractivity contribution in [2.45, 2.75) is 32.3 Å². The average Bonchev–Trinajstić information content (AvgIpc) is 2.76. The summed E-state index contributed by atoms with van der Waals surface area (Å²) < 4.78 is 31.6. The third kappa shape index (κ3) is 4.00. The number of hydrogen-bond acceptors (Lipinski definition) is 5. The lowest BCUT2D eigenvalue weighted by Crippen LogP contribution is -2.34. The Kier molecular flexibility index (Phi) is 6.41. The summed E-state index contributed by atoms with van der Waals surface area (Å²) in [6, 6.07) is 1.55. The molecule has 1 rings (SSSR count). The van der Waals surface area contributed by atoms with E-state index in [0.717, 1.165) is 0 Å². The lowest BCUT2D eigenvalue weighted by molar-refractivity contribution is 0.135. The predicted molar refractivity (Wildman–Crippen MR) is 75.9 cm³/mol. The second-order valence-corrected chi connectivity index (χ2v) is 7.23. The molecule has 0 radical (unpaired) electrons. The molecule has 0 atom stereocenters. The van der Waals surface area contributed by atoms with E-state index in [-0.39, 0.29) is 6.61 Å². The number of aryl methyl sites for hydroxylation is 1. The first-order chi connectivity index (χ1) is 8.97. The molecule has 0 unspecified atom stereocenters. The van der Waals surface area contributed by atoms with E-state index in [4.69, 9.17) is 9.84 Å². The molecule has 1 N–H and O–H groups in total. The third-order valence-corrected chi connectivity index (χ3v) is 6.00. The first-order valence-electron chi connectivity index (χ1n) is 6.25. The molecule has 5 nitrogen and oxygen atoms in total. The zero-order valence-electron chi connectivity index (χ0n) is 11.5. The smallest absolute Gasteiger partial charge is 0.244 e. The standard InChI is InChI=1S/C12H21NO4S2/c1-4-13(6-7-17-5-2)19(15,16)12-8-11(9-14)18-10(12)3/h8,14H,4-7,9H2,1-3H3. The summed E-state index contributed by atoms with van der Waals surface area (Å²) >= 11 is 1.31. The molecule has 1 aromatic rings. The Labute approximate surface area is 118 Å². The van der Waals surface area contributed by atoms with Crippen molar-refractivity contribution in [1.82, 2.24) is 4.31 Å². The molecule has 0 saturated carbocycles. The molecule has 0 bridgehead atoms. The van der Waals surface area contributed by atoms with E-state index in [1.807, 2.05) is 6.92 Å². The topological polar surface area (TPSA) is 66.8 Å². The highest BCUT2D eigenvalue weighted by Crippen LogP contribution is 2.28. The van der Waals surface area contributed by atoms with Crippen LogP contribution in [-0.2, 0) is 21.4 Å². The first kappa shape index (κ1) is 16.6. The van der Waals surface area contributed by atoms with E-state index in [1.165, 1.54) is 15.6 Å². The van der Waals surface area contributed by atoms with Gasteiger partial charge >= 0.3 is 0 Å². The number of rotatable bonds is 8. The Bertz CT molecular complexity index is 496. The zero-order valence-corrected chi connectivity index (χ0v) is 13.2. The molecular weight excluding hydrogens is 286 g/mol. The molecule has 19 heavy (non-hydrogen) atoms. The van der Waals surface area contributed by atoms with Gasteiger partial charge in [-0.25, -0.2) is 8.42 Å². The Hall–Kier alpha value is -0.470. The molecule has 1 aromatic heterocycles. The van der Waals surface area contributed by atoms with Gasteiger partial charge in [0.05, 0.1) is 18.1 Å². The summed E-state index contributed by atoms with van der Waals surface area (Å²) in [4.78, 5) is 1.66. The first-order valence-corrected chi connectivity index (χ1v) is 8.51. The summed E-state index contributed by atoms with van der Waals surface area (Å²) in [6.07, 6.45) is 0. The number of aliphatic hydroxyl groups is 1. The van der Waals surface area contributed by atoms with Gasteiger partial charge in [-0.2, -0.15) is 4.31 Å². The van der Waals surface area contributed by atoms with Gasteiger partial charge < -0.3 is 9.84 Å². The molecule has 0 fully saturated rings. The molecule has 0 aromatic carbocycles. The van der Waals surface area contributed by atoms with Gasteiger partial charge in [0, 0.05) is 29.5 Å². The molecule has 0 amide bonds. The number of aliphatic hydroxyl groups excluding tert-OH is 1. The van der Waals surface area contributed by atoms with Crippen LogP contribution in [0.2, 0.25) is 0 Å². The lowest BCUT2D eigenvalue weighted by atomic mass is 10.4. The average molecular weight is 307 g/mol. The minimum absolute atomic E-state index is 0.133. The van der Waals surface area contributed by atoms with E-state index in [2.05, 4.69) is 0 Å². The molecule has 0 spiro atoms. The quantitative estimate of drug-likeness (QED) is 0.741. The minimum atomic E-state index is -3.50. The van der Waals surface area contributed by atoms with Crippen LogP contribution in [0.4, 0.5) is 0 Å². The summed E-state index contributed by atoms with van der Waals surface area (Å²) in [5.41, 5.74) is 0. The fourth-order valence-corrected chi connectivity index (χ4v) is 4.65. The van der Waals surface area contributed by atoms with Crippen molar-refractivity contribution in [3.05, 3.63) is 15.8 Å². The van der Waals surface area contributed by atoms with E-state index < -0.39 is 10.0 Å². The van der Waals surface area contributed by atoms with E-state index in [1.54, 1.807) is 19.9 Å². The van der Waals surface area contributed by atoms with Gasteiger partial charge in [-0.15, -0.1) is 11.3 Å². The normalized spacial score (nSPS) is 12.3. The molecule has 0 aliphatic heterocycles. The second kappa shape index (κ2) is 7.35. The maximum Gasteiger partial charge on any atom is 0.244 e. The van der Waals surface area contributed by atoms with Gasteiger partial charge in [0.25, 0.3) is 0 Å². The molecule has 7 heteroatoms. The maximum atomic E-state index is 12.5. The van der Waals surface area contributed by atoms with Crippen molar-refractivity contribution in [3.8, 4) is 0 Å². The number of thiophene rings is 1. The Morgan fingerprint density at radius 3 is 2.58 bits per heavy atom. The fourth-order valence-electron chi connectivity index (χ4n) is 1.76. The molecule has 0 aliphatic rings. The summed E-state index contributed by atoms with van der Waals surface area (Å²) in [6.45, 7) is 7.01. The number of hydrogen-bond donors (Lipinski definition) is 1. The van der Waals surface area contributed by atoms with Gasteiger partial charge in [-0.05, 0) is 19.9 Å². The van der Waals surface area contributed by atoms with Gasteiger partial charge in [0.1, 0.15) is 0 Å². The molecule has 1 heterocycles. The van der Waals surface area contributed by atoms with Crippen LogP contribution in [0.5, 0.6) is 0 Å².